The van der Waals surface area contributed by atoms with Crippen molar-refractivity contribution >= 4 is 11.8 Å². The van der Waals surface area contributed by atoms with Crippen LogP contribution in [0.2, 0.25) is 0 Å². The maximum Gasteiger partial charge on any atom is 0.225 e. The number of piperidine rings is 1. The fraction of sp³-hybridized carbons (Fsp3) is 0.636. The molecule has 0 bridgehead atoms. The Morgan fingerprint density at radius 2 is 1.71 bits per heavy atom. The van der Waals surface area contributed by atoms with Gasteiger partial charge in [-0.15, -0.1) is 0 Å². The number of amides is 2. The number of hydrogen-bond donors (Lipinski definition) is 0. The van der Waals surface area contributed by atoms with E-state index in [1.54, 1.807) is 0 Å². The summed E-state index contributed by atoms with van der Waals surface area (Å²) >= 11 is 0. The summed E-state index contributed by atoms with van der Waals surface area (Å²) in [5.41, 5.74) is 2.15. The van der Waals surface area contributed by atoms with Crippen LogP contribution in [0.15, 0.2) is 24.3 Å². The predicted molar refractivity (Wildman–Crippen MR) is 105 cm³/mol. The molecule has 0 aliphatic carbocycles. The number of carbonyl (C=O) groups excluding carboxylic acids is 2. The molecule has 1 aromatic rings. The summed E-state index contributed by atoms with van der Waals surface area (Å²) < 4.78 is 12.0. The molecule has 0 radical (unpaired) electrons. The van der Waals surface area contributed by atoms with Gasteiger partial charge in [-0.1, -0.05) is 31.2 Å². The number of hydrogen-bond acceptors (Lipinski definition) is 4. The third-order valence-electron chi connectivity index (χ3n) is 6.34. The van der Waals surface area contributed by atoms with E-state index >= 15 is 0 Å². The molecular formula is C22H30N2O4. The molecule has 152 valence electrons. The van der Waals surface area contributed by atoms with Crippen molar-refractivity contribution in [3.63, 3.8) is 0 Å². The second-order valence-corrected chi connectivity index (χ2v) is 8.03. The third-order valence-corrected chi connectivity index (χ3v) is 6.34. The van der Waals surface area contributed by atoms with Crippen LogP contribution in [0, 0.1) is 0 Å². The smallest absolute Gasteiger partial charge is 0.225 e. The van der Waals surface area contributed by atoms with Gasteiger partial charge in [-0.2, -0.15) is 0 Å². The van der Waals surface area contributed by atoms with E-state index in [9.17, 15) is 9.59 Å². The van der Waals surface area contributed by atoms with Gasteiger partial charge in [-0.25, -0.2) is 0 Å². The van der Waals surface area contributed by atoms with Crippen molar-refractivity contribution in [3.05, 3.63) is 35.4 Å². The number of ether oxygens (including phenoxy) is 2. The minimum absolute atomic E-state index is 0.112. The standard InChI is InChI=1S/C22H30N2O4/c1-2-20(25)23-9-7-22(8-10-23)19-6-4-3-5-17(19)15-18(28-22)16-21(26)24-11-13-27-14-12-24/h3-6,18H,2,7-16H2,1H3. The summed E-state index contributed by atoms with van der Waals surface area (Å²) in [7, 11) is 0. The fourth-order valence-corrected chi connectivity index (χ4v) is 4.79. The Morgan fingerprint density at radius 1 is 1.04 bits per heavy atom. The molecular weight excluding hydrogens is 356 g/mol. The molecule has 3 aliphatic rings. The van der Waals surface area contributed by atoms with Crippen LogP contribution in [-0.2, 0) is 31.1 Å². The molecule has 6 heteroatoms. The first-order chi connectivity index (χ1) is 13.6. The van der Waals surface area contributed by atoms with E-state index in [0.29, 0.717) is 52.2 Å². The molecule has 2 saturated heterocycles. The first kappa shape index (κ1) is 19.4. The van der Waals surface area contributed by atoms with Gasteiger partial charge in [0.25, 0.3) is 0 Å². The predicted octanol–water partition coefficient (Wildman–Crippen LogP) is 2.10. The van der Waals surface area contributed by atoms with Gasteiger partial charge in [0.15, 0.2) is 0 Å². The van der Waals surface area contributed by atoms with Gasteiger partial charge < -0.3 is 19.3 Å². The van der Waals surface area contributed by atoms with Crippen LogP contribution in [0.25, 0.3) is 0 Å². The molecule has 1 unspecified atom stereocenters. The lowest BCUT2D eigenvalue weighted by molar-refractivity contribution is -0.160. The highest BCUT2D eigenvalue weighted by Gasteiger charge is 2.44. The monoisotopic (exact) mass is 386 g/mol. The lowest BCUT2D eigenvalue weighted by Gasteiger charge is -2.47. The molecule has 1 atom stereocenters. The largest absolute Gasteiger partial charge is 0.378 e. The molecule has 3 heterocycles. The molecule has 2 fully saturated rings. The van der Waals surface area contributed by atoms with Crippen LogP contribution in [-0.4, -0.2) is 67.1 Å². The van der Waals surface area contributed by atoms with Crippen molar-refractivity contribution < 1.29 is 19.1 Å². The molecule has 28 heavy (non-hydrogen) atoms. The topological polar surface area (TPSA) is 59.1 Å². The highest BCUT2D eigenvalue weighted by molar-refractivity contribution is 5.77. The number of nitrogens with zero attached hydrogens (tertiary/aromatic N) is 2. The highest BCUT2D eigenvalue weighted by Crippen LogP contribution is 2.44. The van der Waals surface area contributed by atoms with Crippen LogP contribution in [0.4, 0.5) is 0 Å². The van der Waals surface area contributed by atoms with Crippen molar-refractivity contribution in [2.24, 2.45) is 0 Å². The Hall–Kier alpha value is -1.92. The number of likely N-dealkylation sites (tertiary alicyclic amines) is 1. The van der Waals surface area contributed by atoms with Crippen molar-refractivity contribution in [1.29, 1.82) is 0 Å². The number of carbonyl (C=O) groups is 2. The van der Waals surface area contributed by atoms with Gasteiger partial charge in [0.2, 0.25) is 11.8 Å². The van der Waals surface area contributed by atoms with Crippen molar-refractivity contribution in [1.82, 2.24) is 9.80 Å². The van der Waals surface area contributed by atoms with Crippen LogP contribution in [0.1, 0.15) is 43.7 Å². The van der Waals surface area contributed by atoms with E-state index in [4.69, 9.17) is 9.47 Å². The van der Waals surface area contributed by atoms with E-state index < -0.39 is 0 Å². The summed E-state index contributed by atoms with van der Waals surface area (Å²) in [5.74, 6) is 0.361. The zero-order valence-electron chi connectivity index (χ0n) is 16.7. The van der Waals surface area contributed by atoms with Crippen LogP contribution < -0.4 is 0 Å². The van der Waals surface area contributed by atoms with E-state index in [0.717, 1.165) is 19.3 Å². The van der Waals surface area contributed by atoms with Crippen LogP contribution >= 0.6 is 0 Å². The van der Waals surface area contributed by atoms with Gasteiger partial charge in [-0.05, 0) is 30.4 Å². The number of benzene rings is 1. The lowest BCUT2D eigenvalue weighted by Crippen LogP contribution is -2.51. The third kappa shape index (κ3) is 3.80. The average Bonchev–Trinajstić information content (AvgIpc) is 2.74. The Bertz CT molecular complexity index is 721. The van der Waals surface area contributed by atoms with Crippen molar-refractivity contribution in [3.8, 4) is 0 Å². The molecule has 6 nitrogen and oxygen atoms in total. The number of morpholine rings is 1. The van der Waals surface area contributed by atoms with Gasteiger partial charge in [0.1, 0.15) is 0 Å². The number of fused-ring (bicyclic) bond motifs is 2. The van der Waals surface area contributed by atoms with E-state index in [1.165, 1.54) is 11.1 Å². The average molecular weight is 386 g/mol. The zero-order valence-corrected chi connectivity index (χ0v) is 16.7. The van der Waals surface area contributed by atoms with E-state index in [2.05, 4.69) is 24.3 Å². The Kier molecular flexibility index (Phi) is 5.69. The maximum atomic E-state index is 12.8. The molecule has 0 aromatic heterocycles. The second kappa shape index (κ2) is 8.21. The second-order valence-electron chi connectivity index (χ2n) is 8.03. The Balaban J connectivity index is 1.50. The molecule has 1 spiro atoms. The molecule has 3 aliphatic heterocycles. The van der Waals surface area contributed by atoms with Gasteiger partial charge in [0, 0.05) is 32.6 Å². The molecule has 0 saturated carbocycles. The summed E-state index contributed by atoms with van der Waals surface area (Å²) in [4.78, 5) is 28.7. The van der Waals surface area contributed by atoms with Crippen molar-refractivity contribution in [2.45, 2.75) is 50.7 Å². The molecule has 0 N–H and O–H groups in total. The quantitative estimate of drug-likeness (QED) is 0.798. The summed E-state index contributed by atoms with van der Waals surface area (Å²) in [6.45, 7) is 5.90. The summed E-state index contributed by atoms with van der Waals surface area (Å²) in [6, 6.07) is 8.45. The minimum atomic E-state index is -0.380. The molecule has 2 amide bonds. The SMILES string of the molecule is CCC(=O)N1CCC2(CC1)OC(CC(=O)N1CCOCC1)Cc1ccccc12. The van der Waals surface area contributed by atoms with Crippen LogP contribution in [0.5, 0.6) is 0 Å². The fourth-order valence-electron chi connectivity index (χ4n) is 4.79. The Morgan fingerprint density at radius 3 is 2.43 bits per heavy atom. The number of rotatable bonds is 3. The first-order valence-electron chi connectivity index (χ1n) is 10.5. The maximum absolute atomic E-state index is 12.8. The van der Waals surface area contributed by atoms with Gasteiger partial charge in [-0.3, -0.25) is 9.59 Å². The molecule has 4 rings (SSSR count). The summed E-state index contributed by atoms with van der Waals surface area (Å²) in [5, 5.41) is 0. The van der Waals surface area contributed by atoms with E-state index in [1.807, 2.05) is 16.7 Å². The first-order valence-corrected chi connectivity index (χ1v) is 10.5. The molecule has 1 aromatic carbocycles. The van der Waals surface area contributed by atoms with Crippen molar-refractivity contribution in [2.75, 3.05) is 39.4 Å². The highest BCUT2D eigenvalue weighted by atomic mass is 16.5. The zero-order chi connectivity index (χ0) is 19.6. The Labute approximate surface area is 166 Å². The normalized spacial score (nSPS) is 24.1. The lowest BCUT2D eigenvalue weighted by atomic mass is 9.77. The van der Waals surface area contributed by atoms with Gasteiger partial charge in [0.05, 0.1) is 31.3 Å². The summed E-state index contributed by atoms with van der Waals surface area (Å²) in [6.07, 6.45) is 3.19. The van der Waals surface area contributed by atoms with E-state index in [-0.39, 0.29) is 23.5 Å². The minimum Gasteiger partial charge on any atom is -0.378 e. The van der Waals surface area contributed by atoms with Gasteiger partial charge >= 0.3 is 0 Å². The van der Waals surface area contributed by atoms with Crippen LogP contribution in [0.3, 0.4) is 0 Å².